The molecule has 1 saturated carbocycles. The van der Waals surface area contributed by atoms with Crippen LogP contribution in [0.4, 0.5) is 10.7 Å². The van der Waals surface area contributed by atoms with Gasteiger partial charge in [0.2, 0.25) is 5.95 Å². The summed E-state index contributed by atoms with van der Waals surface area (Å²) in [5.74, 6) is 1.62. The molecule has 0 saturated heterocycles. The molecule has 2 atom stereocenters. The molecule has 170 valence electrons. The summed E-state index contributed by atoms with van der Waals surface area (Å²) in [4.78, 5) is 21.5. The predicted molar refractivity (Wildman–Crippen MR) is 124 cm³/mol. The first kappa shape index (κ1) is 21.9. The number of hydrogen-bond acceptors (Lipinski definition) is 6. The first-order valence-electron chi connectivity index (χ1n) is 11.0. The fourth-order valence-corrected chi connectivity index (χ4v) is 4.03. The number of fused-ring (bicyclic) bond motifs is 1. The number of pyridine rings is 1. The van der Waals surface area contributed by atoms with Crippen LogP contribution in [0.5, 0.6) is 5.75 Å². The van der Waals surface area contributed by atoms with Gasteiger partial charge in [-0.15, -0.1) is 0 Å². The molecule has 0 radical (unpaired) electrons. The first-order valence-corrected chi connectivity index (χ1v) is 11.0. The van der Waals surface area contributed by atoms with Crippen LogP contribution < -0.4 is 15.4 Å². The van der Waals surface area contributed by atoms with Crippen molar-refractivity contribution in [3.05, 3.63) is 48.2 Å². The van der Waals surface area contributed by atoms with Gasteiger partial charge in [-0.2, -0.15) is 0 Å². The summed E-state index contributed by atoms with van der Waals surface area (Å²) < 4.78 is 12.8. The normalized spacial score (nSPS) is 18.5. The molecule has 32 heavy (non-hydrogen) atoms. The molecule has 1 aliphatic carbocycles. The molecule has 1 aromatic carbocycles. The second-order valence-electron chi connectivity index (χ2n) is 9.21. The minimum atomic E-state index is -0.500. The number of ether oxygens (including phenoxy) is 2. The monoisotopic (exact) mass is 437 g/mol. The number of carbonyl (C=O) groups is 1. The lowest BCUT2D eigenvalue weighted by Gasteiger charge is -2.22. The zero-order valence-corrected chi connectivity index (χ0v) is 19.1. The minimum Gasteiger partial charge on any atom is -0.497 e. The van der Waals surface area contributed by atoms with Crippen molar-refractivity contribution < 1.29 is 14.3 Å². The van der Waals surface area contributed by atoms with Crippen LogP contribution in [0.2, 0.25) is 0 Å². The van der Waals surface area contributed by atoms with Gasteiger partial charge in [0, 0.05) is 18.3 Å². The van der Waals surface area contributed by atoms with Gasteiger partial charge in [0.25, 0.3) is 0 Å². The second-order valence-corrected chi connectivity index (χ2v) is 9.21. The molecule has 2 N–H and O–H groups in total. The lowest BCUT2D eigenvalue weighted by Crippen LogP contribution is -2.38. The number of hydrogen-bond donors (Lipinski definition) is 2. The molecule has 2 heterocycles. The van der Waals surface area contributed by atoms with Crippen LogP contribution in [0.25, 0.3) is 11.2 Å². The zero-order valence-electron chi connectivity index (χ0n) is 19.1. The maximum atomic E-state index is 12.1. The number of carbonyl (C=O) groups excluding carboxylic acids is 1. The minimum absolute atomic E-state index is 0.0832. The number of nitrogens with zero attached hydrogens (tertiary/aromatic N) is 3. The summed E-state index contributed by atoms with van der Waals surface area (Å²) in [5.41, 5.74) is 2.33. The van der Waals surface area contributed by atoms with Crippen molar-refractivity contribution in [3.8, 4) is 5.75 Å². The SMILES string of the molecule is COc1ccc(Cn2c(N[C@H]3CCC(NC(=O)OC(C)(C)C)C3)nc3cccnc32)cc1. The Labute approximate surface area is 188 Å². The fraction of sp³-hybridized carbons (Fsp3) is 0.458. The summed E-state index contributed by atoms with van der Waals surface area (Å²) in [6.07, 6.45) is 4.08. The van der Waals surface area contributed by atoms with E-state index in [0.717, 1.165) is 47.7 Å². The number of aromatic nitrogens is 3. The molecular formula is C24H31N5O3. The maximum absolute atomic E-state index is 12.1. The van der Waals surface area contributed by atoms with E-state index in [1.807, 2.05) is 57.2 Å². The van der Waals surface area contributed by atoms with Gasteiger partial charge in [-0.05, 0) is 69.9 Å². The van der Waals surface area contributed by atoms with Crippen molar-refractivity contribution in [1.82, 2.24) is 19.9 Å². The Bertz CT molecular complexity index is 1070. The van der Waals surface area contributed by atoms with Crippen LogP contribution in [-0.2, 0) is 11.3 Å². The predicted octanol–water partition coefficient (Wildman–Crippen LogP) is 4.35. The molecule has 1 aliphatic rings. The van der Waals surface area contributed by atoms with E-state index in [2.05, 4.69) is 20.2 Å². The highest BCUT2D eigenvalue weighted by Crippen LogP contribution is 2.26. The van der Waals surface area contributed by atoms with Crippen LogP contribution in [0.1, 0.15) is 45.6 Å². The Balaban J connectivity index is 1.47. The van der Waals surface area contributed by atoms with Gasteiger partial charge in [-0.25, -0.2) is 14.8 Å². The third-order valence-corrected chi connectivity index (χ3v) is 5.49. The molecule has 1 fully saturated rings. The van der Waals surface area contributed by atoms with Crippen LogP contribution in [-0.4, -0.2) is 45.4 Å². The van der Waals surface area contributed by atoms with Crippen molar-refractivity contribution in [2.75, 3.05) is 12.4 Å². The van der Waals surface area contributed by atoms with Crippen molar-refractivity contribution >= 4 is 23.2 Å². The van der Waals surface area contributed by atoms with Crippen LogP contribution in [0.15, 0.2) is 42.6 Å². The molecule has 0 spiro atoms. The quantitative estimate of drug-likeness (QED) is 0.596. The number of alkyl carbamates (subject to hydrolysis) is 1. The Morgan fingerprint density at radius 2 is 1.91 bits per heavy atom. The summed E-state index contributed by atoms with van der Waals surface area (Å²) in [5, 5.41) is 6.58. The average molecular weight is 438 g/mol. The summed E-state index contributed by atoms with van der Waals surface area (Å²) in [7, 11) is 1.66. The van der Waals surface area contributed by atoms with Gasteiger partial charge < -0.3 is 20.1 Å². The number of rotatable bonds is 6. The Hall–Kier alpha value is -3.29. The van der Waals surface area contributed by atoms with E-state index in [1.54, 1.807) is 13.3 Å². The molecule has 8 heteroatoms. The van der Waals surface area contributed by atoms with Gasteiger partial charge in [0.15, 0.2) is 5.65 Å². The highest BCUT2D eigenvalue weighted by Gasteiger charge is 2.29. The molecule has 1 amide bonds. The Morgan fingerprint density at radius 3 is 2.62 bits per heavy atom. The van der Waals surface area contributed by atoms with E-state index in [4.69, 9.17) is 14.5 Å². The number of nitrogens with one attached hydrogen (secondary N) is 2. The summed E-state index contributed by atoms with van der Waals surface area (Å²) in [6.45, 7) is 6.25. The van der Waals surface area contributed by atoms with E-state index in [9.17, 15) is 4.79 Å². The summed E-state index contributed by atoms with van der Waals surface area (Å²) in [6, 6.07) is 12.2. The van der Waals surface area contributed by atoms with Gasteiger partial charge in [-0.3, -0.25) is 4.57 Å². The van der Waals surface area contributed by atoms with Crippen LogP contribution >= 0.6 is 0 Å². The standard InChI is InChI=1S/C24H31N5O3/c1-24(2,3)32-23(30)27-18-10-9-17(14-18)26-22-28-20-6-5-13-25-21(20)29(22)15-16-7-11-19(31-4)12-8-16/h5-8,11-13,17-18H,9-10,14-15H2,1-4H3,(H,26,28)(H,27,30)/t17-,18?/m0/s1. The largest absolute Gasteiger partial charge is 0.497 e. The molecule has 2 aromatic heterocycles. The van der Waals surface area contributed by atoms with E-state index in [1.165, 1.54) is 0 Å². The molecule has 4 rings (SSSR count). The third-order valence-electron chi connectivity index (χ3n) is 5.49. The molecular weight excluding hydrogens is 406 g/mol. The number of methoxy groups -OCH3 is 1. The first-order chi connectivity index (χ1) is 15.3. The van der Waals surface area contributed by atoms with Gasteiger partial charge >= 0.3 is 6.09 Å². The van der Waals surface area contributed by atoms with Crippen molar-refractivity contribution in [2.24, 2.45) is 0 Å². The van der Waals surface area contributed by atoms with Crippen LogP contribution in [0.3, 0.4) is 0 Å². The number of amides is 1. The lowest BCUT2D eigenvalue weighted by molar-refractivity contribution is 0.0505. The number of benzene rings is 1. The van der Waals surface area contributed by atoms with E-state index >= 15 is 0 Å². The molecule has 0 aliphatic heterocycles. The number of anilines is 1. The Kier molecular flexibility index (Phi) is 6.21. The zero-order chi connectivity index (χ0) is 22.7. The van der Waals surface area contributed by atoms with Gasteiger partial charge in [-0.1, -0.05) is 12.1 Å². The molecule has 3 aromatic rings. The Morgan fingerprint density at radius 1 is 1.16 bits per heavy atom. The fourth-order valence-electron chi connectivity index (χ4n) is 4.03. The second kappa shape index (κ2) is 9.06. The van der Waals surface area contributed by atoms with E-state index in [-0.39, 0.29) is 18.2 Å². The lowest BCUT2D eigenvalue weighted by atomic mass is 10.2. The van der Waals surface area contributed by atoms with Crippen molar-refractivity contribution in [2.45, 2.75) is 64.3 Å². The third kappa shape index (κ3) is 5.30. The maximum Gasteiger partial charge on any atom is 0.407 e. The highest BCUT2D eigenvalue weighted by molar-refractivity contribution is 5.74. The average Bonchev–Trinajstić information content (AvgIpc) is 3.31. The van der Waals surface area contributed by atoms with Crippen molar-refractivity contribution in [3.63, 3.8) is 0 Å². The highest BCUT2D eigenvalue weighted by atomic mass is 16.6. The molecule has 8 nitrogen and oxygen atoms in total. The molecule has 1 unspecified atom stereocenters. The number of imidazole rings is 1. The topological polar surface area (TPSA) is 90.3 Å². The van der Waals surface area contributed by atoms with E-state index < -0.39 is 5.60 Å². The van der Waals surface area contributed by atoms with Crippen molar-refractivity contribution in [1.29, 1.82) is 0 Å². The molecule has 0 bridgehead atoms. The van der Waals surface area contributed by atoms with E-state index in [0.29, 0.717) is 6.54 Å². The summed E-state index contributed by atoms with van der Waals surface area (Å²) >= 11 is 0. The van der Waals surface area contributed by atoms with Gasteiger partial charge in [0.05, 0.1) is 13.7 Å². The smallest absolute Gasteiger partial charge is 0.407 e. The van der Waals surface area contributed by atoms with Gasteiger partial charge in [0.1, 0.15) is 16.9 Å². The van der Waals surface area contributed by atoms with Crippen LogP contribution in [0, 0.1) is 0 Å².